The molecule has 0 aromatic carbocycles. The molecule has 0 aliphatic carbocycles. The molecule has 0 amide bonds. The van der Waals surface area contributed by atoms with Crippen LogP contribution in [-0.4, -0.2) is 22.1 Å². The first-order valence-corrected chi connectivity index (χ1v) is 4.64. The van der Waals surface area contributed by atoms with Gasteiger partial charge in [0.25, 0.3) is 0 Å². The number of nitrogens with one attached hydrogen (secondary N) is 1. The highest BCUT2D eigenvalue weighted by atomic mass is 32.2. The Balaban J connectivity index is 2.40. The number of hydrogen-bond donors (Lipinski definition) is 1. The standard InChI is InChI=1S/C5H9NOS2/c1-5(9-4-7)6-2-3-8-5/h4,6H,2-3H2,1H3. The molecule has 1 unspecified atom stereocenters. The molecule has 0 aromatic rings. The van der Waals surface area contributed by atoms with Crippen LogP contribution in [0.4, 0.5) is 0 Å². The summed E-state index contributed by atoms with van der Waals surface area (Å²) < 4.78 is -0.0399. The molecular formula is C5H9NOS2. The van der Waals surface area contributed by atoms with Gasteiger partial charge in [0.05, 0.1) is 0 Å². The summed E-state index contributed by atoms with van der Waals surface area (Å²) in [4.78, 5) is 10.1. The number of hydrogen-bond acceptors (Lipinski definition) is 4. The van der Waals surface area contributed by atoms with E-state index in [-0.39, 0.29) is 4.20 Å². The monoisotopic (exact) mass is 163 g/mol. The molecule has 1 rings (SSSR count). The van der Waals surface area contributed by atoms with Crippen LogP contribution in [0.2, 0.25) is 0 Å². The van der Waals surface area contributed by atoms with Crippen molar-refractivity contribution >= 4 is 29.1 Å². The maximum absolute atomic E-state index is 10.1. The van der Waals surface area contributed by atoms with Crippen LogP contribution in [0.25, 0.3) is 0 Å². The lowest BCUT2D eigenvalue weighted by atomic mass is 10.7. The second kappa shape index (κ2) is 2.94. The number of carbonyl (C=O) groups is 1. The molecule has 1 N–H and O–H groups in total. The predicted molar refractivity (Wildman–Crippen MR) is 43.2 cm³/mol. The maximum atomic E-state index is 10.1. The van der Waals surface area contributed by atoms with Crippen molar-refractivity contribution in [2.45, 2.75) is 11.1 Å². The van der Waals surface area contributed by atoms with Crippen LogP contribution in [-0.2, 0) is 4.79 Å². The molecule has 4 heteroatoms. The Bertz CT molecular complexity index is 112. The van der Waals surface area contributed by atoms with Crippen LogP contribution in [0, 0.1) is 0 Å². The summed E-state index contributed by atoms with van der Waals surface area (Å²) in [7, 11) is 0. The van der Waals surface area contributed by atoms with Crippen molar-refractivity contribution in [1.29, 1.82) is 0 Å². The maximum Gasteiger partial charge on any atom is 0.178 e. The normalized spacial score (nSPS) is 34.8. The van der Waals surface area contributed by atoms with Gasteiger partial charge in [-0.25, -0.2) is 0 Å². The molecule has 0 spiro atoms. The van der Waals surface area contributed by atoms with Crippen molar-refractivity contribution in [3.8, 4) is 0 Å². The van der Waals surface area contributed by atoms with Crippen LogP contribution in [0.3, 0.4) is 0 Å². The minimum Gasteiger partial charge on any atom is -0.293 e. The largest absolute Gasteiger partial charge is 0.293 e. The Morgan fingerprint density at radius 3 is 3.11 bits per heavy atom. The Hall–Kier alpha value is 0.330. The predicted octanol–water partition coefficient (Wildman–Crippen LogP) is 0.920. The number of rotatable bonds is 2. The summed E-state index contributed by atoms with van der Waals surface area (Å²) in [6, 6.07) is 0. The molecular weight excluding hydrogens is 154 g/mol. The third-order valence-corrected chi connectivity index (χ3v) is 3.63. The second-order valence-corrected chi connectivity index (χ2v) is 4.95. The molecule has 1 heterocycles. The summed E-state index contributed by atoms with van der Waals surface area (Å²) in [6.45, 7) is 3.05. The summed E-state index contributed by atoms with van der Waals surface area (Å²) in [6.07, 6.45) is 0. The fraction of sp³-hybridized carbons (Fsp3) is 0.800. The quantitative estimate of drug-likeness (QED) is 0.613. The van der Waals surface area contributed by atoms with E-state index in [4.69, 9.17) is 0 Å². The van der Waals surface area contributed by atoms with E-state index in [1.807, 2.05) is 6.92 Å². The molecule has 0 aromatic heterocycles. The lowest BCUT2D eigenvalue weighted by Crippen LogP contribution is -2.29. The molecule has 1 saturated heterocycles. The Labute approximate surface area is 63.2 Å². The summed E-state index contributed by atoms with van der Waals surface area (Å²) in [5.41, 5.74) is 0.894. The van der Waals surface area contributed by atoms with Gasteiger partial charge in [-0.15, -0.1) is 11.8 Å². The Morgan fingerprint density at radius 1 is 1.89 bits per heavy atom. The molecule has 9 heavy (non-hydrogen) atoms. The van der Waals surface area contributed by atoms with Gasteiger partial charge < -0.3 is 0 Å². The first-order chi connectivity index (χ1) is 4.27. The van der Waals surface area contributed by atoms with Crippen LogP contribution >= 0.6 is 23.5 Å². The third-order valence-electron chi connectivity index (χ3n) is 1.20. The molecule has 0 bridgehead atoms. The van der Waals surface area contributed by atoms with E-state index in [1.54, 1.807) is 11.8 Å². The van der Waals surface area contributed by atoms with E-state index in [0.29, 0.717) is 0 Å². The van der Waals surface area contributed by atoms with Gasteiger partial charge >= 0.3 is 0 Å². The third kappa shape index (κ3) is 1.88. The van der Waals surface area contributed by atoms with Crippen LogP contribution in [0.1, 0.15) is 6.92 Å². The number of thioether (sulfide) groups is 2. The van der Waals surface area contributed by atoms with E-state index < -0.39 is 0 Å². The van der Waals surface area contributed by atoms with Gasteiger partial charge in [-0.05, 0) is 6.92 Å². The van der Waals surface area contributed by atoms with Crippen molar-refractivity contribution in [3.05, 3.63) is 0 Å². The van der Waals surface area contributed by atoms with E-state index in [2.05, 4.69) is 5.32 Å². The lowest BCUT2D eigenvalue weighted by Gasteiger charge is -2.17. The fourth-order valence-electron chi connectivity index (χ4n) is 0.742. The zero-order valence-corrected chi connectivity index (χ0v) is 6.85. The van der Waals surface area contributed by atoms with E-state index >= 15 is 0 Å². The Morgan fingerprint density at radius 2 is 2.67 bits per heavy atom. The van der Waals surface area contributed by atoms with E-state index in [9.17, 15) is 4.79 Å². The minimum absolute atomic E-state index is 0.0399. The highest BCUT2D eigenvalue weighted by Gasteiger charge is 2.28. The highest BCUT2D eigenvalue weighted by Crippen LogP contribution is 2.35. The first kappa shape index (κ1) is 7.44. The van der Waals surface area contributed by atoms with Crippen LogP contribution in [0.5, 0.6) is 0 Å². The second-order valence-electron chi connectivity index (χ2n) is 1.94. The lowest BCUT2D eigenvalue weighted by molar-refractivity contribution is 0.569. The van der Waals surface area contributed by atoms with Gasteiger partial charge in [0, 0.05) is 12.3 Å². The van der Waals surface area contributed by atoms with Crippen molar-refractivity contribution in [2.24, 2.45) is 0 Å². The summed E-state index contributed by atoms with van der Waals surface area (Å²) in [5.74, 6) is 1.11. The van der Waals surface area contributed by atoms with Crippen LogP contribution in [0.15, 0.2) is 0 Å². The molecule has 1 aliphatic rings. The molecule has 1 fully saturated rings. The molecule has 52 valence electrons. The molecule has 0 saturated carbocycles. The van der Waals surface area contributed by atoms with E-state index in [0.717, 1.165) is 17.9 Å². The number of carbonyl (C=O) groups excluding carboxylic acids is 1. The highest BCUT2D eigenvalue weighted by molar-refractivity contribution is 8.24. The summed E-state index contributed by atoms with van der Waals surface area (Å²) >= 11 is 3.10. The first-order valence-electron chi connectivity index (χ1n) is 2.77. The average molecular weight is 163 g/mol. The van der Waals surface area contributed by atoms with E-state index in [1.165, 1.54) is 11.8 Å². The van der Waals surface area contributed by atoms with Gasteiger partial charge in [-0.3, -0.25) is 10.1 Å². The molecule has 2 nitrogen and oxygen atoms in total. The molecule has 1 aliphatic heterocycles. The smallest absolute Gasteiger partial charge is 0.178 e. The van der Waals surface area contributed by atoms with Gasteiger partial charge in [0.2, 0.25) is 0 Å². The topological polar surface area (TPSA) is 29.1 Å². The average Bonchev–Trinajstić information content (AvgIpc) is 2.16. The summed E-state index contributed by atoms with van der Waals surface area (Å²) in [5, 5.41) is 3.23. The van der Waals surface area contributed by atoms with Gasteiger partial charge in [-0.2, -0.15) is 0 Å². The van der Waals surface area contributed by atoms with Gasteiger partial charge in [-0.1, -0.05) is 11.8 Å². The molecule has 1 atom stereocenters. The van der Waals surface area contributed by atoms with Gasteiger partial charge in [0.15, 0.2) is 5.62 Å². The molecule has 0 radical (unpaired) electrons. The zero-order valence-electron chi connectivity index (χ0n) is 5.22. The van der Waals surface area contributed by atoms with Crippen molar-refractivity contribution in [3.63, 3.8) is 0 Å². The van der Waals surface area contributed by atoms with Crippen molar-refractivity contribution in [1.82, 2.24) is 5.32 Å². The van der Waals surface area contributed by atoms with Crippen LogP contribution < -0.4 is 5.32 Å². The van der Waals surface area contributed by atoms with Gasteiger partial charge in [0.1, 0.15) is 4.20 Å². The van der Waals surface area contributed by atoms with Crippen molar-refractivity contribution in [2.75, 3.05) is 12.3 Å². The Kier molecular flexibility index (Phi) is 2.43. The minimum atomic E-state index is -0.0399. The fourth-order valence-corrected chi connectivity index (χ4v) is 2.55. The van der Waals surface area contributed by atoms with Crippen molar-refractivity contribution < 1.29 is 4.79 Å². The SMILES string of the molecule is CC1(SC=O)NCCS1. The zero-order chi connectivity index (χ0) is 6.74.